The van der Waals surface area contributed by atoms with Gasteiger partial charge in [0.15, 0.2) is 0 Å². The number of benzene rings is 2. The highest BCUT2D eigenvalue weighted by molar-refractivity contribution is 6.06. The van der Waals surface area contributed by atoms with Crippen LogP contribution in [0.2, 0.25) is 0 Å². The molecule has 0 aliphatic carbocycles. The van der Waals surface area contributed by atoms with Crippen LogP contribution in [0.4, 0.5) is 5.69 Å². The molecule has 28 heavy (non-hydrogen) atoms. The van der Waals surface area contributed by atoms with E-state index in [0.29, 0.717) is 17.7 Å². The van der Waals surface area contributed by atoms with Crippen LogP contribution >= 0.6 is 0 Å². The largest absolute Gasteiger partial charge is 0.348 e. The molecule has 2 aromatic carbocycles. The van der Waals surface area contributed by atoms with Gasteiger partial charge in [0.1, 0.15) is 0 Å². The van der Waals surface area contributed by atoms with Gasteiger partial charge in [-0.15, -0.1) is 0 Å². The summed E-state index contributed by atoms with van der Waals surface area (Å²) in [6.45, 7) is 4.46. The normalized spacial score (nSPS) is 10.4. The van der Waals surface area contributed by atoms with Crippen LogP contribution in [0.3, 0.4) is 0 Å². The number of aryl methyl sites for hydroxylation is 2. The maximum atomic E-state index is 12.6. The van der Waals surface area contributed by atoms with Gasteiger partial charge >= 0.3 is 0 Å². The molecule has 1 aromatic heterocycles. The quantitative estimate of drug-likeness (QED) is 0.682. The van der Waals surface area contributed by atoms with Crippen molar-refractivity contribution < 1.29 is 9.59 Å². The zero-order valence-electron chi connectivity index (χ0n) is 16.0. The zero-order valence-corrected chi connectivity index (χ0v) is 16.0. The summed E-state index contributed by atoms with van der Waals surface area (Å²) in [5.41, 5.74) is 4.67. The molecule has 0 saturated carbocycles. The molecule has 5 nitrogen and oxygen atoms in total. The van der Waals surface area contributed by atoms with Gasteiger partial charge in [0.25, 0.3) is 11.8 Å². The standard InChI is InChI=1S/C23H23N3O2/c1-3-18-9-4-5-10-21(18)26-23(28)20-12-19(14-24-15-20)22(27)25-13-17-8-6-7-16(2)11-17/h4-12,14-15H,3,13H2,1-2H3,(H,25,27)(H,26,28). The molecule has 0 unspecified atom stereocenters. The SMILES string of the molecule is CCc1ccccc1NC(=O)c1cncc(C(=O)NCc2cccc(C)c2)c1. The molecule has 0 atom stereocenters. The predicted molar refractivity (Wildman–Crippen MR) is 110 cm³/mol. The van der Waals surface area contributed by atoms with Gasteiger partial charge in [-0.3, -0.25) is 14.6 Å². The maximum Gasteiger partial charge on any atom is 0.257 e. The first-order chi connectivity index (χ1) is 13.6. The van der Waals surface area contributed by atoms with Gasteiger partial charge < -0.3 is 10.6 Å². The van der Waals surface area contributed by atoms with Gasteiger partial charge in [0, 0.05) is 24.6 Å². The van der Waals surface area contributed by atoms with Crippen LogP contribution in [-0.2, 0) is 13.0 Å². The molecule has 0 saturated heterocycles. The Balaban J connectivity index is 1.69. The molecule has 3 aromatic rings. The lowest BCUT2D eigenvalue weighted by Crippen LogP contribution is -2.23. The van der Waals surface area contributed by atoms with Crippen LogP contribution in [0.5, 0.6) is 0 Å². The van der Waals surface area contributed by atoms with Gasteiger partial charge in [0.2, 0.25) is 0 Å². The summed E-state index contributed by atoms with van der Waals surface area (Å²) in [4.78, 5) is 29.1. The number of nitrogens with one attached hydrogen (secondary N) is 2. The summed E-state index contributed by atoms with van der Waals surface area (Å²) in [7, 11) is 0. The van der Waals surface area contributed by atoms with Gasteiger partial charge in [-0.1, -0.05) is 55.0 Å². The number of anilines is 1. The third-order valence-corrected chi connectivity index (χ3v) is 4.44. The highest BCUT2D eigenvalue weighted by atomic mass is 16.2. The van der Waals surface area contributed by atoms with Crippen molar-refractivity contribution in [2.24, 2.45) is 0 Å². The smallest absolute Gasteiger partial charge is 0.257 e. The molecule has 0 fully saturated rings. The number of hydrogen-bond acceptors (Lipinski definition) is 3. The van der Waals surface area contributed by atoms with Crippen LogP contribution in [0, 0.1) is 6.92 Å². The fraction of sp³-hybridized carbons (Fsp3) is 0.174. The third-order valence-electron chi connectivity index (χ3n) is 4.44. The fourth-order valence-corrected chi connectivity index (χ4v) is 2.94. The van der Waals surface area contributed by atoms with E-state index in [4.69, 9.17) is 0 Å². The first-order valence-electron chi connectivity index (χ1n) is 9.25. The number of para-hydroxylation sites is 1. The Morgan fingerprint density at radius 1 is 0.929 bits per heavy atom. The Morgan fingerprint density at radius 2 is 1.68 bits per heavy atom. The van der Waals surface area contributed by atoms with Gasteiger partial charge in [-0.2, -0.15) is 0 Å². The minimum absolute atomic E-state index is 0.266. The molecule has 0 bridgehead atoms. The summed E-state index contributed by atoms with van der Waals surface area (Å²) >= 11 is 0. The number of nitrogens with zero attached hydrogens (tertiary/aromatic N) is 1. The van der Waals surface area contributed by atoms with Crippen molar-refractivity contribution in [1.29, 1.82) is 0 Å². The lowest BCUT2D eigenvalue weighted by atomic mass is 10.1. The second-order valence-electron chi connectivity index (χ2n) is 6.60. The van der Waals surface area contributed by atoms with E-state index in [-0.39, 0.29) is 11.8 Å². The van der Waals surface area contributed by atoms with E-state index in [1.165, 1.54) is 12.4 Å². The molecule has 2 N–H and O–H groups in total. The lowest BCUT2D eigenvalue weighted by Gasteiger charge is -2.10. The second-order valence-corrected chi connectivity index (χ2v) is 6.60. The van der Waals surface area contributed by atoms with E-state index in [9.17, 15) is 9.59 Å². The minimum atomic E-state index is -0.290. The molecular weight excluding hydrogens is 350 g/mol. The van der Waals surface area contributed by atoms with Crippen LogP contribution in [0.15, 0.2) is 67.0 Å². The predicted octanol–water partition coefficient (Wildman–Crippen LogP) is 4.13. The van der Waals surface area contributed by atoms with Crippen molar-refractivity contribution >= 4 is 17.5 Å². The Kier molecular flexibility index (Phi) is 6.17. The topological polar surface area (TPSA) is 71.1 Å². The van der Waals surface area contributed by atoms with Crippen molar-refractivity contribution in [3.8, 4) is 0 Å². The number of amides is 2. The Bertz CT molecular complexity index is 998. The Morgan fingerprint density at radius 3 is 2.43 bits per heavy atom. The molecule has 2 amide bonds. The van der Waals surface area contributed by atoms with Crippen molar-refractivity contribution in [3.05, 3.63) is 94.8 Å². The van der Waals surface area contributed by atoms with Crippen LogP contribution in [0.1, 0.15) is 44.3 Å². The molecular formula is C23H23N3O2. The van der Waals surface area contributed by atoms with Gasteiger partial charge in [-0.05, 0) is 36.6 Å². The van der Waals surface area contributed by atoms with Crippen LogP contribution in [-0.4, -0.2) is 16.8 Å². The maximum absolute atomic E-state index is 12.6. The second kappa shape index (κ2) is 8.95. The average Bonchev–Trinajstić information content (AvgIpc) is 2.72. The number of pyridine rings is 1. The average molecular weight is 373 g/mol. The molecule has 0 aliphatic rings. The Labute approximate surface area is 164 Å². The summed E-state index contributed by atoms with van der Waals surface area (Å²) in [5, 5.41) is 5.76. The number of carbonyl (C=O) groups is 2. The van der Waals surface area contributed by atoms with Gasteiger partial charge in [-0.25, -0.2) is 0 Å². The number of carbonyl (C=O) groups excluding carboxylic acids is 2. The molecule has 0 spiro atoms. The monoisotopic (exact) mass is 373 g/mol. The summed E-state index contributed by atoms with van der Waals surface area (Å²) in [6, 6.07) is 17.2. The molecule has 5 heteroatoms. The fourth-order valence-electron chi connectivity index (χ4n) is 2.94. The van der Waals surface area contributed by atoms with Crippen molar-refractivity contribution in [3.63, 3.8) is 0 Å². The van der Waals surface area contributed by atoms with E-state index < -0.39 is 0 Å². The van der Waals surface area contributed by atoms with Crippen molar-refractivity contribution in [1.82, 2.24) is 10.3 Å². The van der Waals surface area contributed by atoms with Crippen molar-refractivity contribution in [2.75, 3.05) is 5.32 Å². The molecule has 142 valence electrons. The van der Waals surface area contributed by atoms with Crippen LogP contribution in [0.25, 0.3) is 0 Å². The molecule has 1 heterocycles. The van der Waals surface area contributed by atoms with E-state index in [1.807, 2.05) is 62.4 Å². The number of rotatable bonds is 6. The number of hydrogen-bond donors (Lipinski definition) is 2. The van der Waals surface area contributed by atoms with E-state index in [0.717, 1.165) is 28.8 Å². The van der Waals surface area contributed by atoms with Crippen molar-refractivity contribution in [2.45, 2.75) is 26.8 Å². The highest BCUT2D eigenvalue weighted by Crippen LogP contribution is 2.17. The van der Waals surface area contributed by atoms with E-state index >= 15 is 0 Å². The zero-order chi connectivity index (χ0) is 19.9. The first kappa shape index (κ1) is 19.3. The summed E-state index contributed by atoms with van der Waals surface area (Å²) in [6.07, 6.45) is 3.74. The summed E-state index contributed by atoms with van der Waals surface area (Å²) in [5.74, 6) is -0.556. The Hall–Kier alpha value is -3.47. The molecule has 3 rings (SSSR count). The minimum Gasteiger partial charge on any atom is -0.348 e. The summed E-state index contributed by atoms with van der Waals surface area (Å²) < 4.78 is 0. The lowest BCUT2D eigenvalue weighted by molar-refractivity contribution is 0.0950. The van der Waals surface area contributed by atoms with Gasteiger partial charge in [0.05, 0.1) is 11.1 Å². The first-order valence-corrected chi connectivity index (χ1v) is 9.25. The molecule has 0 radical (unpaired) electrons. The van der Waals surface area contributed by atoms with Crippen LogP contribution < -0.4 is 10.6 Å². The molecule has 0 aliphatic heterocycles. The van der Waals surface area contributed by atoms with E-state index in [1.54, 1.807) is 6.07 Å². The third kappa shape index (κ3) is 4.82. The highest BCUT2D eigenvalue weighted by Gasteiger charge is 2.12. The van der Waals surface area contributed by atoms with E-state index in [2.05, 4.69) is 15.6 Å². The number of aromatic nitrogens is 1.